The fourth-order valence-electron chi connectivity index (χ4n) is 1.12. The minimum atomic E-state index is -0.482. The second-order valence-corrected chi connectivity index (χ2v) is 2.83. The molecule has 0 aromatic heterocycles. The van der Waals surface area contributed by atoms with Gasteiger partial charge in [0.15, 0.2) is 0 Å². The minimum absolute atomic E-state index is 0.0921. The van der Waals surface area contributed by atoms with Crippen molar-refractivity contribution in [1.29, 1.82) is 0 Å². The highest BCUT2D eigenvalue weighted by Gasteiger charge is 2.14. The van der Waals surface area contributed by atoms with Crippen LogP contribution in [0.5, 0.6) is 11.5 Å². The highest BCUT2D eigenvalue weighted by Crippen LogP contribution is 2.27. The van der Waals surface area contributed by atoms with Crippen LogP contribution in [0.15, 0.2) is 12.1 Å². The lowest BCUT2D eigenvalue weighted by Gasteiger charge is -2.08. The van der Waals surface area contributed by atoms with Crippen molar-refractivity contribution in [2.45, 2.75) is 6.92 Å². The number of phenolic OH excluding ortho intramolecular Hbond substituents is 1. The highest BCUT2D eigenvalue weighted by atomic mass is 16.5. The van der Waals surface area contributed by atoms with Crippen LogP contribution in [0.4, 0.5) is 0 Å². The molecular weight excluding hydrogens is 184 g/mol. The predicted molar refractivity (Wildman–Crippen MR) is 50.7 cm³/mol. The second kappa shape index (κ2) is 4.00. The minimum Gasteiger partial charge on any atom is -0.508 e. The zero-order valence-corrected chi connectivity index (χ0v) is 8.33. The molecule has 0 aliphatic heterocycles. The Hall–Kier alpha value is -1.71. The van der Waals surface area contributed by atoms with Gasteiger partial charge in [-0.05, 0) is 18.6 Å². The molecule has 1 aromatic carbocycles. The van der Waals surface area contributed by atoms with E-state index in [9.17, 15) is 9.90 Å². The Morgan fingerprint density at radius 2 is 2.00 bits per heavy atom. The fourth-order valence-corrected chi connectivity index (χ4v) is 1.12. The molecule has 4 heteroatoms. The van der Waals surface area contributed by atoms with Gasteiger partial charge in [-0.3, -0.25) is 0 Å². The van der Waals surface area contributed by atoms with Gasteiger partial charge < -0.3 is 14.6 Å². The van der Waals surface area contributed by atoms with E-state index in [1.165, 1.54) is 26.4 Å². The lowest BCUT2D eigenvalue weighted by atomic mass is 10.1. The largest absolute Gasteiger partial charge is 0.508 e. The van der Waals surface area contributed by atoms with Gasteiger partial charge >= 0.3 is 5.97 Å². The lowest BCUT2D eigenvalue weighted by molar-refractivity contribution is 0.0597. The van der Waals surface area contributed by atoms with E-state index in [1.807, 2.05) is 0 Å². The summed E-state index contributed by atoms with van der Waals surface area (Å²) in [6.07, 6.45) is 0. The maximum Gasteiger partial charge on any atom is 0.341 e. The molecule has 14 heavy (non-hydrogen) atoms. The van der Waals surface area contributed by atoms with Gasteiger partial charge in [-0.1, -0.05) is 0 Å². The van der Waals surface area contributed by atoms with E-state index < -0.39 is 5.97 Å². The van der Waals surface area contributed by atoms with Crippen molar-refractivity contribution in [3.63, 3.8) is 0 Å². The molecule has 0 unspecified atom stereocenters. The van der Waals surface area contributed by atoms with Crippen molar-refractivity contribution in [3.05, 3.63) is 23.3 Å². The van der Waals surface area contributed by atoms with Gasteiger partial charge in [0.2, 0.25) is 0 Å². The maximum absolute atomic E-state index is 11.3. The van der Waals surface area contributed by atoms with E-state index in [2.05, 4.69) is 4.74 Å². The number of rotatable bonds is 2. The second-order valence-electron chi connectivity index (χ2n) is 2.83. The third kappa shape index (κ3) is 1.79. The molecule has 0 saturated heterocycles. The molecular formula is C10H12O4. The molecule has 0 fully saturated rings. The van der Waals surface area contributed by atoms with Crippen LogP contribution in [0.3, 0.4) is 0 Å². The van der Waals surface area contributed by atoms with E-state index in [0.717, 1.165) is 0 Å². The van der Waals surface area contributed by atoms with E-state index >= 15 is 0 Å². The molecule has 0 heterocycles. The summed E-state index contributed by atoms with van der Waals surface area (Å²) in [4.78, 5) is 11.3. The molecule has 1 rings (SSSR count). The van der Waals surface area contributed by atoms with Crippen LogP contribution in [0.2, 0.25) is 0 Å². The van der Waals surface area contributed by atoms with Crippen LogP contribution in [0.25, 0.3) is 0 Å². The van der Waals surface area contributed by atoms with Crippen molar-refractivity contribution in [2.75, 3.05) is 14.2 Å². The fraction of sp³-hybridized carbons (Fsp3) is 0.300. The number of hydrogen-bond donors (Lipinski definition) is 1. The molecule has 0 amide bonds. The first kappa shape index (κ1) is 10.4. The average Bonchev–Trinajstić information content (AvgIpc) is 2.20. The smallest absolute Gasteiger partial charge is 0.341 e. The summed E-state index contributed by atoms with van der Waals surface area (Å²) in [5, 5.41) is 9.38. The van der Waals surface area contributed by atoms with Gasteiger partial charge in [-0.25, -0.2) is 4.79 Å². The van der Waals surface area contributed by atoms with Gasteiger partial charge in [0.05, 0.1) is 14.2 Å². The maximum atomic E-state index is 11.3. The van der Waals surface area contributed by atoms with E-state index in [1.54, 1.807) is 6.92 Å². The van der Waals surface area contributed by atoms with Crippen molar-refractivity contribution in [1.82, 2.24) is 0 Å². The molecule has 0 aliphatic rings. The Kier molecular flexibility index (Phi) is 2.96. The van der Waals surface area contributed by atoms with Gasteiger partial charge in [-0.15, -0.1) is 0 Å². The van der Waals surface area contributed by atoms with Gasteiger partial charge in [0.1, 0.15) is 17.1 Å². The monoisotopic (exact) mass is 196 g/mol. The number of aromatic hydroxyl groups is 1. The summed E-state index contributed by atoms with van der Waals surface area (Å²) in [5.74, 6) is -0.0839. The molecule has 4 nitrogen and oxygen atoms in total. The Labute approximate surface area is 82.1 Å². The Balaban J connectivity index is 3.27. The van der Waals surface area contributed by atoms with Crippen molar-refractivity contribution < 1.29 is 19.4 Å². The first-order chi connectivity index (χ1) is 6.60. The number of methoxy groups -OCH3 is 2. The normalized spacial score (nSPS) is 9.64. The van der Waals surface area contributed by atoms with Crippen LogP contribution in [0.1, 0.15) is 15.9 Å². The Bertz CT molecular complexity index is 357. The average molecular weight is 196 g/mol. The van der Waals surface area contributed by atoms with Gasteiger partial charge in [-0.2, -0.15) is 0 Å². The van der Waals surface area contributed by atoms with E-state index in [-0.39, 0.29) is 5.75 Å². The van der Waals surface area contributed by atoms with Crippen LogP contribution < -0.4 is 4.74 Å². The summed E-state index contributed by atoms with van der Waals surface area (Å²) < 4.78 is 9.52. The molecule has 0 spiro atoms. The van der Waals surface area contributed by atoms with Gasteiger partial charge in [0.25, 0.3) is 0 Å². The summed E-state index contributed by atoms with van der Waals surface area (Å²) in [6, 6.07) is 2.92. The van der Waals surface area contributed by atoms with Crippen LogP contribution >= 0.6 is 0 Å². The quantitative estimate of drug-likeness (QED) is 0.728. The van der Waals surface area contributed by atoms with Gasteiger partial charge in [0, 0.05) is 6.07 Å². The first-order valence-electron chi connectivity index (χ1n) is 4.06. The molecule has 1 aromatic rings. The molecule has 76 valence electrons. The SMILES string of the molecule is COC(=O)c1cc(C)c(O)cc1OC. The number of carbonyl (C=O) groups excluding carboxylic acids is 1. The number of esters is 1. The highest BCUT2D eigenvalue weighted by molar-refractivity contribution is 5.93. The Morgan fingerprint density at radius 3 is 2.50 bits per heavy atom. The molecule has 0 saturated carbocycles. The molecule has 0 radical (unpaired) electrons. The molecule has 0 bridgehead atoms. The summed E-state index contributed by atoms with van der Waals surface area (Å²) in [7, 11) is 2.72. The molecule has 0 atom stereocenters. The third-order valence-corrected chi connectivity index (χ3v) is 1.92. The first-order valence-corrected chi connectivity index (χ1v) is 4.06. The number of aryl methyl sites for hydroxylation is 1. The van der Waals surface area contributed by atoms with Crippen molar-refractivity contribution in [2.24, 2.45) is 0 Å². The van der Waals surface area contributed by atoms with Crippen LogP contribution in [0, 0.1) is 6.92 Å². The van der Waals surface area contributed by atoms with Crippen molar-refractivity contribution in [3.8, 4) is 11.5 Å². The number of phenols is 1. The van der Waals surface area contributed by atoms with Crippen molar-refractivity contribution >= 4 is 5.97 Å². The third-order valence-electron chi connectivity index (χ3n) is 1.92. The van der Waals surface area contributed by atoms with E-state index in [4.69, 9.17) is 4.74 Å². The predicted octanol–water partition coefficient (Wildman–Crippen LogP) is 1.50. The standard InChI is InChI=1S/C10H12O4/c1-6-4-7(10(12)14-3)9(13-2)5-8(6)11/h4-5,11H,1-3H3. The number of hydrogen-bond acceptors (Lipinski definition) is 4. The summed E-state index contributed by atoms with van der Waals surface area (Å²) >= 11 is 0. The zero-order chi connectivity index (χ0) is 10.7. The van der Waals surface area contributed by atoms with Crippen LogP contribution in [-0.4, -0.2) is 25.3 Å². The zero-order valence-electron chi connectivity index (χ0n) is 8.33. The molecule has 1 N–H and O–H groups in total. The lowest BCUT2D eigenvalue weighted by Crippen LogP contribution is -2.04. The van der Waals surface area contributed by atoms with E-state index in [0.29, 0.717) is 16.9 Å². The summed E-state index contributed by atoms with van der Waals surface area (Å²) in [6.45, 7) is 1.70. The molecule has 0 aliphatic carbocycles. The summed E-state index contributed by atoms with van der Waals surface area (Å²) in [5.41, 5.74) is 0.913. The topological polar surface area (TPSA) is 55.8 Å². The number of benzene rings is 1. The number of ether oxygens (including phenoxy) is 2. The Morgan fingerprint density at radius 1 is 1.36 bits per heavy atom. The number of carbonyl (C=O) groups is 1. The van der Waals surface area contributed by atoms with Crippen LogP contribution in [-0.2, 0) is 4.74 Å².